The lowest BCUT2D eigenvalue weighted by molar-refractivity contribution is -0.384. The van der Waals surface area contributed by atoms with Crippen LogP contribution in [0.5, 0.6) is 0 Å². The van der Waals surface area contributed by atoms with E-state index in [9.17, 15) is 23.3 Å². The number of carbonyl (C=O) groups is 1. The van der Waals surface area contributed by atoms with Gasteiger partial charge in [0.05, 0.1) is 9.82 Å². The predicted octanol–water partition coefficient (Wildman–Crippen LogP) is 1.13. The summed E-state index contributed by atoms with van der Waals surface area (Å²) in [5.41, 5.74) is -0.234. The lowest BCUT2D eigenvalue weighted by Crippen LogP contribution is -2.43. The van der Waals surface area contributed by atoms with Crippen LogP contribution in [0.4, 0.5) is 11.4 Å². The zero-order chi connectivity index (χ0) is 21.0. The number of primary sulfonamides is 1. The molecule has 2 heterocycles. The number of nitrogens with one attached hydrogen (secondary N) is 1. The first-order valence-corrected chi connectivity index (χ1v) is 11.4. The summed E-state index contributed by atoms with van der Waals surface area (Å²) in [6.07, 6.45) is 4.65. The second-order valence-electron chi connectivity index (χ2n) is 7.55. The van der Waals surface area contributed by atoms with E-state index in [1.165, 1.54) is 25.0 Å². The molecule has 1 amide bonds. The summed E-state index contributed by atoms with van der Waals surface area (Å²) in [6.45, 7) is 4.08. The quantitative estimate of drug-likeness (QED) is 0.470. The van der Waals surface area contributed by atoms with E-state index in [1.54, 1.807) is 0 Å². The number of nitro benzene ring substituents is 1. The monoisotopic (exact) mass is 425 g/mol. The fourth-order valence-corrected chi connectivity index (χ4v) is 4.59. The minimum atomic E-state index is -4.03. The van der Waals surface area contributed by atoms with E-state index in [0.717, 1.165) is 45.1 Å². The molecule has 0 aromatic heterocycles. The molecular formula is C18H27N5O5S. The molecule has 0 bridgehead atoms. The van der Waals surface area contributed by atoms with Crippen LogP contribution in [-0.2, 0) is 14.8 Å². The maximum absolute atomic E-state index is 12.7. The number of carbonyl (C=O) groups excluding carboxylic acids is 1. The number of amides is 1. The van der Waals surface area contributed by atoms with Crippen molar-refractivity contribution in [3.63, 3.8) is 0 Å². The summed E-state index contributed by atoms with van der Waals surface area (Å²) in [4.78, 5) is 27.3. The Labute approximate surface area is 170 Å². The summed E-state index contributed by atoms with van der Waals surface area (Å²) in [6, 6.07) is 3.67. The number of hydrogen-bond acceptors (Lipinski definition) is 7. The van der Waals surface area contributed by atoms with Crippen molar-refractivity contribution in [2.45, 2.75) is 43.0 Å². The zero-order valence-electron chi connectivity index (χ0n) is 16.2. The Hall–Kier alpha value is -2.24. The van der Waals surface area contributed by atoms with Gasteiger partial charge < -0.3 is 15.1 Å². The highest BCUT2D eigenvalue weighted by atomic mass is 32.2. The first kappa shape index (κ1) is 21.5. The predicted molar refractivity (Wildman–Crippen MR) is 108 cm³/mol. The number of sulfonamides is 1. The minimum Gasteiger partial charge on any atom is -0.379 e. The molecule has 11 heteroatoms. The van der Waals surface area contributed by atoms with E-state index in [2.05, 4.69) is 10.2 Å². The maximum Gasteiger partial charge on any atom is 0.293 e. The van der Waals surface area contributed by atoms with Crippen LogP contribution in [0.15, 0.2) is 23.1 Å². The summed E-state index contributed by atoms with van der Waals surface area (Å²) in [5.74, 6) is 0.0306. The molecule has 0 aliphatic carbocycles. The van der Waals surface area contributed by atoms with Gasteiger partial charge in [-0.1, -0.05) is 0 Å². The van der Waals surface area contributed by atoms with Crippen LogP contribution in [0.3, 0.4) is 0 Å². The highest BCUT2D eigenvalue weighted by Crippen LogP contribution is 2.27. The van der Waals surface area contributed by atoms with Crippen LogP contribution in [0, 0.1) is 10.1 Å². The lowest BCUT2D eigenvalue weighted by Gasteiger charge is -2.28. The average molecular weight is 426 g/mol. The van der Waals surface area contributed by atoms with Crippen LogP contribution >= 0.6 is 0 Å². The Morgan fingerprint density at radius 2 is 1.97 bits per heavy atom. The van der Waals surface area contributed by atoms with Gasteiger partial charge in [-0.15, -0.1) is 0 Å². The van der Waals surface area contributed by atoms with Crippen molar-refractivity contribution in [3.8, 4) is 0 Å². The summed E-state index contributed by atoms with van der Waals surface area (Å²) in [7, 11) is -4.03. The molecule has 0 spiro atoms. The van der Waals surface area contributed by atoms with Gasteiger partial charge >= 0.3 is 0 Å². The summed E-state index contributed by atoms with van der Waals surface area (Å²) < 4.78 is 22.8. The molecule has 2 aliphatic rings. The molecule has 1 unspecified atom stereocenters. The van der Waals surface area contributed by atoms with Crippen molar-refractivity contribution in [3.05, 3.63) is 28.3 Å². The molecule has 29 heavy (non-hydrogen) atoms. The molecule has 1 aromatic carbocycles. The van der Waals surface area contributed by atoms with E-state index < -0.39 is 20.6 Å². The Morgan fingerprint density at radius 1 is 1.24 bits per heavy atom. The van der Waals surface area contributed by atoms with E-state index in [0.29, 0.717) is 0 Å². The van der Waals surface area contributed by atoms with Gasteiger partial charge in [0.1, 0.15) is 5.69 Å². The highest BCUT2D eigenvalue weighted by Gasteiger charge is 2.30. The molecule has 3 rings (SSSR count). The van der Waals surface area contributed by atoms with E-state index in [4.69, 9.17) is 5.14 Å². The fraction of sp³-hybridized carbons (Fsp3) is 0.611. The van der Waals surface area contributed by atoms with Crippen molar-refractivity contribution in [1.29, 1.82) is 0 Å². The second kappa shape index (κ2) is 9.06. The Kier molecular flexibility index (Phi) is 6.70. The first-order valence-electron chi connectivity index (χ1n) is 9.82. The number of nitrogens with zero attached hydrogens (tertiary/aromatic N) is 3. The molecule has 3 N–H and O–H groups in total. The molecule has 1 atom stereocenters. The maximum atomic E-state index is 12.7. The Balaban J connectivity index is 1.57. The van der Waals surface area contributed by atoms with Gasteiger partial charge in [0.25, 0.3) is 5.69 Å². The molecule has 2 saturated heterocycles. The number of likely N-dealkylation sites (tertiary alicyclic amines) is 2. The van der Waals surface area contributed by atoms with Crippen LogP contribution < -0.4 is 10.5 Å². The van der Waals surface area contributed by atoms with Gasteiger partial charge in [0.2, 0.25) is 15.9 Å². The van der Waals surface area contributed by atoms with Gasteiger partial charge in [0, 0.05) is 38.2 Å². The molecule has 2 aliphatic heterocycles. The van der Waals surface area contributed by atoms with Crippen LogP contribution in [0.25, 0.3) is 0 Å². The van der Waals surface area contributed by atoms with Crippen LogP contribution in [0.1, 0.15) is 32.1 Å². The number of benzene rings is 1. The number of hydrogen-bond donors (Lipinski definition) is 2. The van der Waals surface area contributed by atoms with Crippen molar-refractivity contribution in [1.82, 2.24) is 9.80 Å². The van der Waals surface area contributed by atoms with E-state index in [1.807, 2.05) is 4.90 Å². The van der Waals surface area contributed by atoms with Crippen molar-refractivity contribution in [2.75, 3.05) is 38.0 Å². The fourth-order valence-electron chi connectivity index (χ4n) is 4.05. The smallest absolute Gasteiger partial charge is 0.293 e. The average Bonchev–Trinajstić information content (AvgIpc) is 3.33. The molecular weight excluding hydrogens is 398 g/mol. The third-order valence-electron chi connectivity index (χ3n) is 5.51. The van der Waals surface area contributed by atoms with Crippen LogP contribution in [0.2, 0.25) is 0 Å². The van der Waals surface area contributed by atoms with Crippen molar-refractivity contribution in [2.24, 2.45) is 5.14 Å². The van der Waals surface area contributed by atoms with E-state index >= 15 is 0 Å². The molecule has 2 fully saturated rings. The van der Waals surface area contributed by atoms with E-state index in [-0.39, 0.29) is 35.5 Å². The SMILES string of the molecule is NS(=O)(=O)c1ccc(NCCC(=O)N2CCCC2CN2CCCC2)c([N+](=O)[O-])c1. The zero-order valence-corrected chi connectivity index (χ0v) is 17.1. The number of anilines is 1. The number of rotatable bonds is 8. The molecule has 1 aromatic rings. The van der Waals surface area contributed by atoms with Gasteiger partial charge in [-0.05, 0) is 50.9 Å². The van der Waals surface area contributed by atoms with Crippen molar-refractivity contribution >= 4 is 27.3 Å². The standard InChI is InChI=1S/C18H27N5O5S/c19-29(27,28)15-5-6-16(17(12-15)23(25)26)20-8-7-18(24)22-11-3-4-14(22)13-21-9-1-2-10-21/h5-6,12,14,20H,1-4,7-11,13H2,(H2,19,27,28). The van der Waals surface area contributed by atoms with Crippen LogP contribution in [-0.4, -0.2) is 67.8 Å². The third-order valence-corrected chi connectivity index (χ3v) is 6.42. The first-order chi connectivity index (χ1) is 13.8. The normalized spacial score (nSPS) is 20.2. The van der Waals surface area contributed by atoms with Gasteiger partial charge in [0.15, 0.2) is 0 Å². The molecule has 0 radical (unpaired) electrons. The Morgan fingerprint density at radius 3 is 2.62 bits per heavy atom. The summed E-state index contributed by atoms with van der Waals surface area (Å²) >= 11 is 0. The third kappa shape index (κ3) is 5.43. The van der Waals surface area contributed by atoms with Gasteiger partial charge in [-0.2, -0.15) is 0 Å². The minimum absolute atomic E-state index is 0.0306. The molecule has 10 nitrogen and oxygen atoms in total. The second-order valence-corrected chi connectivity index (χ2v) is 9.11. The number of nitrogens with two attached hydrogens (primary N) is 1. The largest absolute Gasteiger partial charge is 0.379 e. The van der Waals surface area contributed by atoms with Gasteiger partial charge in [-0.3, -0.25) is 14.9 Å². The van der Waals surface area contributed by atoms with Crippen molar-refractivity contribution < 1.29 is 18.1 Å². The summed E-state index contributed by atoms with van der Waals surface area (Å²) in [5, 5.41) is 19.2. The Bertz CT molecular complexity index is 869. The molecule has 0 saturated carbocycles. The van der Waals surface area contributed by atoms with Gasteiger partial charge in [-0.25, -0.2) is 13.6 Å². The molecule has 160 valence electrons. The topological polar surface area (TPSA) is 139 Å². The number of nitro groups is 1. The lowest BCUT2D eigenvalue weighted by atomic mass is 10.2. The highest BCUT2D eigenvalue weighted by molar-refractivity contribution is 7.89.